The molecule has 0 saturated carbocycles. The van der Waals surface area contributed by atoms with Crippen LogP contribution in [-0.2, 0) is 26.7 Å². The number of hydrogen-bond donors (Lipinski definition) is 1. The predicted molar refractivity (Wildman–Crippen MR) is 68.8 cm³/mol. The third-order valence-electron chi connectivity index (χ3n) is 3.01. The first-order chi connectivity index (χ1) is 7.93. The molecule has 7 heteroatoms. The van der Waals surface area contributed by atoms with Crippen LogP contribution < -0.4 is 0 Å². The van der Waals surface area contributed by atoms with E-state index in [1.807, 2.05) is 20.8 Å². The smallest absolute Gasteiger partial charge is 0.159 e. The molecular weight excluding hydrogens is 254 g/mol. The van der Waals surface area contributed by atoms with Crippen LogP contribution in [0, 0.1) is 0 Å². The molecule has 0 spiro atoms. The summed E-state index contributed by atoms with van der Waals surface area (Å²) in [7, 11) is -3.34. The van der Waals surface area contributed by atoms with E-state index in [-0.39, 0.29) is 6.61 Å². The van der Waals surface area contributed by atoms with Crippen LogP contribution >= 0.6 is 0 Å². The van der Waals surface area contributed by atoms with Crippen LogP contribution in [0.2, 0.25) is 0 Å². The molecule has 1 aromatic rings. The summed E-state index contributed by atoms with van der Waals surface area (Å²) in [6.45, 7) is 8.65. The molecule has 0 bridgehead atoms. The zero-order valence-corrected chi connectivity index (χ0v) is 12.5. The van der Waals surface area contributed by atoms with Gasteiger partial charge in [0.25, 0.3) is 0 Å². The lowest BCUT2D eigenvalue weighted by atomic mass is 10.1. The highest BCUT2D eigenvalue weighted by Crippen LogP contribution is 2.31. The van der Waals surface area contributed by atoms with Gasteiger partial charge in [-0.2, -0.15) is 0 Å². The summed E-state index contributed by atoms with van der Waals surface area (Å²) in [5.74, 6) is 0.718. The molecule has 0 aliphatic carbocycles. The number of aliphatic hydroxyl groups is 1. The van der Waals surface area contributed by atoms with Crippen LogP contribution in [0.25, 0.3) is 0 Å². The Hall–Kier alpha value is -0.950. The summed E-state index contributed by atoms with van der Waals surface area (Å²) in [6, 6.07) is 0. The zero-order chi connectivity index (χ0) is 14.4. The van der Waals surface area contributed by atoms with Crippen molar-refractivity contribution in [2.75, 3.05) is 6.26 Å². The first kappa shape index (κ1) is 15.1. The van der Waals surface area contributed by atoms with Crippen molar-refractivity contribution < 1.29 is 13.5 Å². The predicted octanol–water partition coefficient (Wildman–Crippen LogP) is 0.805. The summed E-state index contributed by atoms with van der Waals surface area (Å²) >= 11 is 0. The highest BCUT2D eigenvalue weighted by molar-refractivity contribution is 7.91. The minimum absolute atomic E-state index is 0.274. The molecule has 18 heavy (non-hydrogen) atoms. The van der Waals surface area contributed by atoms with Gasteiger partial charge in [-0.25, -0.2) is 8.42 Å². The fraction of sp³-hybridized carbons (Fsp3) is 0.818. The van der Waals surface area contributed by atoms with E-state index in [9.17, 15) is 13.5 Å². The Kier molecular flexibility index (Phi) is 3.62. The Labute approximate surface area is 108 Å². The zero-order valence-electron chi connectivity index (χ0n) is 11.7. The van der Waals surface area contributed by atoms with Crippen LogP contribution in [0.3, 0.4) is 0 Å². The lowest BCUT2D eigenvalue weighted by Gasteiger charge is -2.30. The summed E-state index contributed by atoms with van der Waals surface area (Å²) < 4.78 is 24.3. The van der Waals surface area contributed by atoms with Crippen molar-refractivity contribution in [2.45, 2.75) is 51.5 Å². The van der Waals surface area contributed by atoms with E-state index in [1.54, 1.807) is 18.4 Å². The van der Waals surface area contributed by atoms with Crippen molar-refractivity contribution in [1.29, 1.82) is 0 Å². The Bertz CT molecular complexity index is 538. The summed E-state index contributed by atoms with van der Waals surface area (Å²) in [5.41, 5.74) is -0.404. The number of aromatic nitrogens is 3. The minimum Gasteiger partial charge on any atom is -0.388 e. The second-order valence-electron chi connectivity index (χ2n) is 5.89. The molecule has 0 aliphatic rings. The molecule has 0 atom stereocenters. The first-order valence-corrected chi connectivity index (χ1v) is 7.57. The fourth-order valence-corrected chi connectivity index (χ4v) is 2.14. The highest BCUT2D eigenvalue weighted by atomic mass is 32.2. The van der Waals surface area contributed by atoms with Crippen molar-refractivity contribution in [3.63, 3.8) is 0 Å². The Morgan fingerprint density at radius 3 is 2.00 bits per heavy atom. The van der Waals surface area contributed by atoms with Crippen molar-refractivity contribution in [1.82, 2.24) is 14.8 Å². The van der Waals surface area contributed by atoms with E-state index < -0.39 is 20.1 Å². The van der Waals surface area contributed by atoms with E-state index in [0.717, 1.165) is 0 Å². The van der Waals surface area contributed by atoms with E-state index in [1.165, 1.54) is 6.26 Å². The van der Waals surface area contributed by atoms with Gasteiger partial charge in [0.05, 0.1) is 0 Å². The van der Waals surface area contributed by atoms with Gasteiger partial charge >= 0.3 is 0 Å². The van der Waals surface area contributed by atoms with Crippen molar-refractivity contribution >= 4 is 9.84 Å². The molecule has 0 fully saturated rings. The first-order valence-electron chi connectivity index (χ1n) is 5.68. The molecule has 104 valence electrons. The van der Waals surface area contributed by atoms with Crippen LogP contribution in [0.5, 0.6) is 0 Å². The fourth-order valence-electron chi connectivity index (χ4n) is 1.68. The number of nitrogens with zero attached hydrogens (tertiary/aromatic N) is 3. The second kappa shape index (κ2) is 4.31. The molecule has 0 amide bonds. The summed E-state index contributed by atoms with van der Waals surface area (Å²) in [6.07, 6.45) is 1.17. The minimum atomic E-state index is -3.34. The molecule has 0 aliphatic heterocycles. The molecule has 0 saturated heterocycles. The maximum Gasteiger partial charge on any atom is 0.159 e. The van der Waals surface area contributed by atoms with Crippen LogP contribution in [0.4, 0.5) is 0 Å². The largest absolute Gasteiger partial charge is 0.388 e. The van der Waals surface area contributed by atoms with Gasteiger partial charge in [0.1, 0.15) is 11.4 Å². The SMILES string of the molecule is CC(C)(C)n1c(CO)nnc1C(C)(C)S(C)(=O)=O. The Balaban J connectivity index is 3.59. The highest BCUT2D eigenvalue weighted by Gasteiger charge is 2.40. The monoisotopic (exact) mass is 275 g/mol. The van der Waals surface area contributed by atoms with Gasteiger partial charge in [0.2, 0.25) is 0 Å². The number of rotatable bonds is 3. The molecule has 1 aromatic heterocycles. The van der Waals surface area contributed by atoms with Gasteiger partial charge in [0, 0.05) is 11.8 Å². The topological polar surface area (TPSA) is 85.1 Å². The number of sulfone groups is 1. The van der Waals surface area contributed by atoms with Gasteiger partial charge in [0.15, 0.2) is 21.5 Å². The quantitative estimate of drug-likeness (QED) is 0.882. The van der Waals surface area contributed by atoms with E-state index >= 15 is 0 Å². The van der Waals surface area contributed by atoms with E-state index in [2.05, 4.69) is 10.2 Å². The van der Waals surface area contributed by atoms with Crippen molar-refractivity contribution in [3.8, 4) is 0 Å². The van der Waals surface area contributed by atoms with Gasteiger partial charge in [-0.05, 0) is 34.6 Å². The van der Waals surface area contributed by atoms with Crippen LogP contribution in [0.15, 0.2) is 0 Å². The number of aliphatic hydroxyl groups excluding tert-OH is 1. The summed E-state index contributed by atoms with van der Waals surface area (Å²) in [5, 5.41) is 17.1. The normalized spacial score (nSPS) is 13.9. The number of hydrogen-bond acceptors (Lipinski definition) is 5. The van der Waals surface area contributed by atoms with E-state index in [0.29, 0.717) is 11.6 Å². The maximum atomic E-state index is 11.9. The lowest BCUT2D eigenvalue weighted by Crippen LogP contribution is -2.36. The molecule has 1 N–H and O–H groups in total. The van der Waals surface area contributed by atoms with Gasteiger partial charge < -0.3 is 9.67 Å². The van der Waals surface area contributed by atoms with Crippen molar-refractivity contribution in [2.24, 2.45) is 0 Å². The average molecular weight is 275 g/mol. The molecule has 6 nitrogen and oxygen atoms in total. The van der Waals surface area contributed by atoms with Crippen LogP contribution in [0.1, 0.15) is 46.3 Å². The maximum absolute atomic E-state index is 11.9. The molecular formula is C11H21N3O3S. The van der Waals surface area contributed by atoms with Gasteiger partial charge in [-0.3, -0.25) is 0 Å². The van der Waals surface area contributed by atoms with Gasteiger partial charge in [-0.15, -0.1) is 10.2 Å². The Morgan fingerprint density at radius 1 is 1.17 bits per heavy atom. The standard InChI is InChI=1S/C11H21N3O3S/c1-10(2,3)14-8(7-15)12-13-9(14)11(4,5)18(6,16)17/h15H,7H2,1-6H3. The molecule has 1 heterocycles. The van der Waals surface area contributed by atoms with Crippen molar-refractivity contribution in [3.05, 3.63) is 11.6 Å². The Morgan fingerprint density at radius 2 is 1.67 bits per heavy atom. The average Bonchev–Trinajstić information content (AvgIpc) is 2.58. The molecule has 1 rings (SSSR count). The summed E-state index contributed by atoms with van der Waals surface area (Å²) in [4.78, 5) is 0. The third kappa shape index (κ3) is 2.42. The molecule has 0 aromatic carbocycles. The lowest BCUT2D eigenvalue weighted by molar-refractivity contribution is 0.246. The van der Waals surface area contributed by atoms with Crippen LogP contribution in [-0.4, -0.2) is 34.5 Å². The van der Waals surface area contributed by atoms with Gasteiger partial charge in [-0.1, -0.05) is 0 Å². The third-order valence-corrected chi connectivity index (χ3v) is 5.04. The molecule has 0 unspecified atom stereocenters. The second-order valence-corrected chi connectivity index (χ2v) is 8.45. The molecule has 0 radical (unpaired) electrons. The van der Waals surface area contributed by atoms with E-state index in [4.69, 9.17) is 0 Å².